The molecule has 54 heavy (non-hydrogen) atoms. The van der Waals surface area contributed by atoms with E-state index in [9.17, 15) is 14.4 Å². The Hall–Kier alpha value is -5.93. The van der Waals surface area contributed by atoms with E-state index in [1.165, 1.54) is 27.2 Å². The van der Waals surface area contributed by atoms with Crippen molar-refractivity contribution < 1.29 is 41.0 Å². The molecule has 5 aromatic rings. The summed E-state index contributed by atoms with van der Waals surface area (Å²) in [6.45, 7) is 5.75. The maximum atomic E-state index is 16.8. The molecule has 0 atom stereocenters. The van der Waals surface area contributed by atoms with Crippen LogP contribution in [0.25, 0.3) is 22.2 Å². The average molecular weight is 756 g/mol. The first-order valence-corrected chi connectivity index (χ1v) is 16.6. The van der Waals surface area contributed by atoms with Crippen molar-refractivity contribution in [2.75, 3.05) is 25.7 Å². The van der Waals surface area contributed by atoms with Gasteiger partial charge in [-0.25, -0.2) is 23.4 Å². The molecule has 286 valence electrons. The first-order chi connectivity index (χ1) is 25.4. The summed E-state index contributed by atoms with van der Waals surface area (Å²) in [4.78, 5) is 47.3. The SMILES string of the molecule is COc1ccc(CN(Cc2ccc(OC)cc2)c2cc(C)c(C(F)(F)F)c(-c3c(CCNC(=O)OC(C)(C)C)c(F)c4c(=O)[nH]c(=O)[nH]c4c3F)n2)cc1. The first kappa shape index (κ1) is 39.3. The first-order valence-electron chi connectivity index (χ1n) is 16.6. The second-order valence-electron chi connectivity index (χ2n) is 13.4. The number of carbonyl (C=O) groups is 1. The third kappa shape index (κ3) is 8.81. The van der Waals surface area contributed by atoms with Crippen molar-refractivity contribution in [2.45, 2.75) is 59.0 Å². The number of H-pyrrole nitrogens is 2. The van der Waals surface area contributed by atoms with Gasteiger partial charge < -0.3 is 29.4 Å². The number of halogens is 5. The summed E-state index contributed by atoms with van der Waals surface area (Å²) in [6.07, 6.45) is -6.66. The molecule has 3 aromatic carbocycles. The number of fused-ring (bicyclic) bond motifs is 1. The summed E-state index contributed by atoms with van der Waals surface area (Å²) in [5, 5.41) is 1.45. The van der Waals surface area contributed by atoms with Gasteiger partial charge in [0, 0.05) is 30.8 Å². The van der Waals surface area contributed by atoms with Gasteiger partial charge in [0.1, 0.15) is 34.1 Å². The van der Waals surface area contributed by atoms with Gasteiger partial charge in [-0.05, 0) is 81.1 Å². The van der Waals surface area contributed by atoms with Crippen molar-refractivity contribution in [3.8, 4) is 22.8 Å². The van der Waals surface area contributed by atoms with E-state index < -0.39 is 87.0 Å². The Balaban J connectivity index is 1.76. The Morgan fingerprint density at radius 2 is 1.43 bits per heavy atom. The summed E-state index contributed by atoms with van der Waals surface area (Å²) in [7, 11) is 3.01. The number of aromatic amines is 2. The zero-order valence-electron chi connectivity index (χ0n) is 30.3. The summed E-state index contributed by atoms with van der Waals surface area (Å²) in [5.41, 5.74) is -7.31. The van der Waals surface area contributed by atoms with Crippen LogP contribution in [0.1, 0.15) is 48.6 Å². The Labute approximate surface area is 306 Å². The Morgan fingerprint density at radius 3 is 1.93 bits per heavy atom. The topological polar surface area (TPSA) is 139 Å². The van der Waals surface area contributed by atoms with Crippen LogP contribution in [0.2, 0.25) is 0 Å². The number of aromatic nitrogens is 3. The lowest BCUT2D eigenvalue weighted by molar-refractivity contribution is -0.137. The van der Waals surface area contributed by atoms with E-state index in [2.05, 4.69) is 10.3 Å². The van der Waals surface area contributed by atoms with Crippen molar-refractivity contribution in [1.29, 1.82) is 0 Å². The molecular weight excluding hydrogens is 717 g/mol. The van der Waals surface area contributed by atoms with Crippen LogP contribution in [0.15, 0.2) is 64.2 Å². The number of rotatable bonds is 11. The molecule has 2 aromatic heterocycles. The van der Waals surface area contributed by atoms with E-state index in [-0.39, 0.29) is 24.5 Å². The molecule has 0 unspecified atom stereocenters. The number of hydrogen-bond acceptors (Lipinski definition) is 8. The molecule has 16 heteroatoms. The number of methoxy groups -OCH3 is 2. The summed E-state index contributed by atoms with van der Waals surface area (Å²) < 4.78 is 94.0. The molecule has 11 nitrogen and oxygen atoms in total. The van der Waals surface area contributed by atoms with Crippen LogP contribution in [-0.4, -0.2) is 47.4 Å². The Kier molecular flexibility index (Phi) is 11.3. The number of alkyl halides is 3. The second-order valence-corrected chi connectivity index (χ2v) is 13.4. The molecule has 0 saturated heterocycles. The van der Waals surface area contributed by atoms with Crippen LogP contribution in [-0.2, 0) is 30.4 Å². The van der Waals surface area contributed by atoms with Gasteiger partial charge in [0.05, 0.1) is 31.0 Å². The number of benzene rings is 3. The van der Waals surface area contributed by atoms with Gasteiger partial charge in [0.25, 0.3) is 5.56 Å². The molecule has 5 rings (SSSR count). The fourth-order valence-corrected chi connectivity index (χ4v) is 5.94. The Bertz CT molecular complexity index is 2230. The maximum absolute atomic E-state index is 16.8. The van der Waals surface area contributed by atoms with Crippen LogP contribution in [0.5, 0.6) is 11.5 Å². The van der Waals surface area contributed by atoms with E-state index in [4.69, 9.17) is 14.2 Å². The fourth-order valence-electron chi connectivity index (χ4n) is 5.94. The highest BCUT2D eigenvalue weighted by Crippen LogP contribution is 2.43. The number of amides is 1. The summed E-state index contributed by atoms with van der Waals surface area (Å²) in [5.74, 6) is -1.81. The van der Waals surface area contributed by atoms with E-state index in [1.807, 2.05) is 9.97 Å². The lowest BCUT2D eigenvalue weighted by Crippen LogP contribution is -2.33. The van der Waals surface area contributed by atoms with Crippen molar-refractivity contribution in [2.24, 2.45) is 0 Å². The van der Waals surface area contributed by atoms with E-state index in [1.54, 1.807) is 74.2 Å². The molecule has 0 aliphatic heterocycles. The van der Waals surface area contributed by atoms with Gasteiger partial charge in [-0.15, -0.1) is 0 Å². The number of ether oxygens (including phenoxy) is 3. The third-order valence-corrected chi connectivity index (χ3v) is 8.32. The molecule has 0 bridgehead atoms. The average Bonchev–Trinajstić information content (AvgIpc) is 3.08. The van der Waals surface area contributed by atoms with Crippen molar-refractivity contribution in [1.82, 2.24) is 20.3 Å². The van der Waals surface area contributed by atoms with Crippen molar-refractivity contribution >= 4 is 22.8 Å². The number of aryl methyl sites for hydroxylation is 1. The minimum Gasteiger partial charge on any atom is -0.497 e. The molecule has 0 aliphatic carbocycles. The minimum absolute atomic E-state index is 0.0285. The van der Waals surface area contributed by atoms with E-state index in [0.717, 1.165) is 11.1 Å². The molecule has 0 saturated carbocycles. The van der Waals surface area contributed by atoms with Crippen molar-refractivity contribution in [3.63, 3.8) is 0 Å². The smallest absolute Gasteiger partial charge is 0.418 e. The zero-order chi connectivity index (χ0) is 39.5. The quantitative estimate of drug-likeness (QED) is 0.121. The largest absolute Gasteiger partial charge is 0.497 e. The van der Waals surface area contributed by atoms with Crippen LogP contribution in [0, 0.1) is 18.6 Å². The number of nitrogens with one attached hydrogen (secondary N) is 3. The monoisotopic (exact) mass is 755 g/mol. The number of hydrogen-bond donors (Lipinski definition) is 3. The predicted octanol–water partition coefficient (Wildman–Crippen LogP) is 7.18. The van der Waals surface area contributed by atoms with Crippen LogP contribution >= 0.6 is 0 Å². The van der Waals surface area contributed by atoms with Crippen molar-refractivity contribution in [3.05, 3.63) is 115 Å². The molecule has 1 amide bonds. The zero-order valence-corrected chi connectivity index (χ0v) is 30.3. The predicted molar refractivity (Wildman–Crippen MR) is 192 cm³/mol. The number of anilines is 1. The lowest BCUT2D eigenvalue weighted by Gasteiger charge is -2.27. The molecule has 2 heterocycles. The Morgan fingerprint density at radius 1 is 0.870 bits per heavy atom. The molecule has 3 N–H and O–H groups in total. The summed E-state index contributed by atoms with van der Waals surface area (Å²) >= 11 is 0. The fraction of sp³-hybridized carbons (Fsp3) is 0.316. The van der Waals surface area contributed by atoms with E-state index in [0.29, 0.717) is 11.5 Å². The van der Waals surface area contributed by atoms with E-state index >= 15 is 22.0 Å². The third-order valence-electron chi connectivity index (χ3n) is 8.32. The highest BCUT2D eigenvalue weighted by molar-refractivity contribution is 5.88. The molecule has 0 fully saturated rings. The van der Waals surface area contributed by atoms with Crippen LogP contribution < -0.4 is 30.9 Å². The minimum atomic E-state index is -5.13. The maximum Gasteiger partial charge on any atom is 0.418 e. The highest BCUT2D eigenvalue weighted by atomic mass is 19.4. The van der Waals surface area contributed by atoms with Crippen LogP contribution in [0.3, 0.4) is 0 Å². The van der Waals surface area contributed by atoms with Gasteiger partial charge >= 0.3 is 18.0 Å². The number of carbonyl (C=O) groups excluding carboxylic acids is 1. The van der Waals surface area contributed by atoms with Crippen LogP contribution in [0.4, 0.5) is 32.6 Å². The number of nitrogens with zero attached hydrogens (tertiary/aromatic N) is 2. The van der Waals surface area contributed by atoms with Gasteiger partial charge in [0.15, 0.2) is 5.82 Å². The second kappa shape index (κ2) is 15.6. The van der Waals surface area contributed by atoms with Gasteiger partial charge in [-0.3, -0.25) is 9.78 Å². The highest BCUT2D eigenvalue weighted by Gasteiger charge is 2.39. The molecule has 0 aliphatic rings. The van der Waals surface area contributed by atoms with Gasteiger partial charge in [-0.2, -0.15) is 13.2 Å². The molecule has 0 radical (unpaired) electrons. The van der Waals surface area contributed by atoms with Gasteiger partial charge in [0.2, 0.25) is 0 Å². The molecular formula is C38H38F5N5O6. The summed E-state index contributed by atoms with van der Waals surface area (Å²) in [6, 6.07) is 15.1. The normalized spacial score (nSPS) is 11.8. The number of alkyl carbamates (subject to hydrolysis) is 1. The lowest BCUT2D eigenvalue weighted by atomic mass is 9.92. The van der Waals surface area contributed by atoms with Gasteiger partial charge in [-0.1, -0.05) is 24.3 Å². The molecule has 0 spiro atoms. The number of pyridine rings is 1. The standard InChI is InChI=1S/C38H38F5N5O6/c1-20-17-26(48(18-21-7-11-23(52-5)12-8-21)19-22-9-13-24(53-6)14-10-22)45-32(29(20)38(41,42)43)27-25(15-16-44-36(51)54-37(2,3)4)30(39)28-33(31(27)40)46-35(50)47-34(28)49/h7-14,17H,15-16,18-19H2,1-6H3,(H,44,51)(H2,46,47,49,50).